The number of carbonyl (C=O) groups excluding carboxylic acids is 2. The first-order valence-electron chi connectivity index (χ1n) is 12.0. The van der Waals surface area contributed by atoms with Gasteiger partial charge in [0.2, 0.25) is 5.91 Å². The number of aliphatic carboxylic acids is 1. The first-order valence-corrected chi connectivity index (χ1v) is 13.4. The molecule has 7 nitrogen and oxygen atoms in total. The van der Waals surface area contributed by atoms with Crippen LogP contribution in [0.15, 0.2) is 48.5 Å². The van der Waals surface area contributed by atoms with Gasteiger partial charge in [0.05, 0.1) is 5.41 Å². The molecule has 1 aliphatic rings. The van der Waals surface area contributed by atoms with Crippen LogP contribution in [0, 0.1) is 5.41 Å². The van der Waals surface area contributed by atoms with Crippen molar-refractivity contribution in [3.8, 4) is 11.1 Å². The van der Waals surface area contributed by atoms with Crippen LogP contribution in [-0.2, 0) is 14.3 Å². The van der Waals surface area contributed by atoms with E-state index in [-0.39, 0.29) is 25.0 Å². The Morgan fingerprint density at radius 3 is 2.11 bits per heavy atom. The Morgan fingerprint density at radius 1 is 1.03 bits per heavy atom. The van der Waals surface area contributed by atoms with Crippen molar-refractivity contribution in [2.24, 2.45) is 5.41 Å². The van der Waals surface area contributed by atoms with Gasteiger partial charge in [-0.05, 0) is 53.5 Å². The summed E-state index contributed by atoms with van der Waals surface area (Å²) in [6.07, 6.45) is 2.54. The maximum atomic E-state index is 13.1. The molecule has 35 heavy (non-hydrogen) atoms. The lowest BCUT2D eigenvalue weighted by molar-refractivity contribution is -0.144. The van der Waals surface area contributed by atoms with Crippen LogP contribution in [0.5, 0.6) is 0 Å². The molecule has 3 rings (SSSR count). The second kappa shape index (κ2) is 12.1. The molecule has 0 radical (unpaired) electrons. The summed E-state index contributed by atoms with van der Waals surface area (Å²) in [5, 5.41) is 14.9. The highest BCUT2D eigenvalue weighted by molar-refractivity contribution is 7.98. The molecule has 2 amide bonds. The van der Waals surface area contributed by atoms with Gasteiger partial charge >= 0.3 is 12.1 Å². The number of carboxylic acid groups (broad SMARTS) is 1. The van der Waals surface area contributed by atoms with E-state index in [0.717, 1.165) is 22.3 Å². The lowest BCUT2D eigenvalue weighted by atomic mass is 9.81. The number of carboxylic acids is 1. The quantitative estimate of drug-likeness (QED) is 0.393. The van der Waals surface area contributed by atoms with E-state index in [1.807, 2.05) is 44.4 Å². The largest absolute Gasteiger partial charge is 0.480 e. The Hall–Kier alpha value is -3.00. The van der Waals surface area contributed by atoms with Gasteiger partial charge in [0.15, 0.2) is 0 Å². The van der Waals surface area contributed by atoms with E-state index < -0.39 is 23.5 Å². The Morgan fingerprint density at radius 2 is 1.60 bits per heavy atom. The molecule has 1 atom stereocenters. The molecule has 0 unspecified atom stereocenters. The zero-order chi connectivity index (χ0) is 25.4. The topological polar surface area (TPSA) is 105 Å². The van der Waals surface area contributed by atoms with E-state index in [2.05, 4.69) is 34.9 Å². The lowest BCUT2D eigenvalue weighted by Gasteiger charge is -2.31. The normalized spacial score (nSPS) is 13.5. The molecular weight excluding hydrogens is 464 g/mol. The van der Waals surface area contributed by atoms with Crippen LogP contribution in [0.2, 0.25) is 0 Å². The number of benzene rings is 2. The number of rotatable bonds is 12. The van der Waals surface area contributed by atoms with Gasteiger partial charge in [-0.1, -0.05) is 62.4 Å². The molecule has 0 aromatic heterocycles. The summed E-state index contributed by atoms with van der Waals surface area (Å²) in [6.45, 7) is 3.98. The van der Waals surface area contributed by atoms with E-state index in [9.17, 15) is 19.5 Å². The van der Waals surface area contributed by atoms with Crippen LogP contribution in [-0.4, -0.2) is 54.3 Å². The molecule has 188 valence electrons. The maximum Gasteiger partial charge on any atom is 0.407 e. The number of nitrogens with one attached hydrogen (secondary N) is 2. The third-order valence-corrected chi connectivity index (χ3v) is 7.61. The minimum absolute atomic E-state index is 0.0497. The summed E-state index contributed by atoms with van der Waals surface area (Å²) in [7, 11) is 0. The summed E-state index contributed by atoms with van der Waals surface area (Å²) in [5.74, 6) is -0.847. The summed E-state index contributed by atoms with van der Waals surface area (Å²) < 4.78 is 5.60. The lowest BCUT2D eigenvalue weighted by Crippen LogP contribution is -2.52. The average molecular weight is 499 g/mol. The number of carbonyl (C=O) groups is 3. The summed E-state index contributed by atoms with van der Waals surface area (Å²) >= 11 is 1.53. The second-order valence-corrected chi connectivity index (χ2v) is 9.80. The maximum absolute atomic E-state index is 13.1. The third kappa shape index (κ3) is 5.99. The third-order valence-electron chi connectivity index (χ3n) is 6.96. The van der Waals surface area contributed by atoms with E-state index in [0.29, 0.717) is 25.0 Å². The van der Waals surface area contributed by atoms with Gasteiger partial charge in [0.1, 0.15) is 12.6 Å². The Kier molecular flexibility index (Phi) is 9.20. The van der Waals surface area contributed by atoms with Crippen molar-refractivity contribution in [3.63, 3.8) is 0 Å². The first kappa shape index (κ1) is 26.6. The van der Waals surface area contributed by atoms with E-state index in [1.54, 1.807) is 0 Å². The Bertz CT molecular complexity index is 1010. The van der Waals surface area contributed by atoms with Gasteiger partial charge in [-0.2, -0.15) is 11.8 Å². The van der Waals surface area contributed by atoms with Gasteiger partial charge in [0, 0.05) is 12.5 Å². The molecule has 0 saturated carbocycles. The van der Waals surface area contributed by atoms with E-state index in [4.69, 9.17) is 4.74 Å². The number of fused-ring (bicyclic) bond motifs is 3. The van der Waals surface area contributed by atoms with Crippen LogP contribution in [0.1, 0.15) is 50.2 Å². The zero-order valence-electron chi connectivity index (χ0n) is 20.5. The van der Waals surface area contributed by atoms with Crippen molar-refractivity contribution in [2.45, 2.75) is 45.1 Å². The Labute approximate surface area is 211 Å². The average Bonchev–Trinajstić information content (AvgIpc) is 3.19. The Balaban J connectivity index is 1.62. The van der Waals surface area contributed by atoms with Gasteiger partial charge in [-0.25, -0.2) is 9.59 Å². The fourth-order valence-corrected chi connectivity index (χ4v) is 5.07. The molecule has 8 heteroatoms. The second-order valence-electron chi connectivity index (χ2n) is 8.81. The summed E-state index contributed by atoms with van der Waals surface area (Å²) in [5.41, 5.74) is 3.64. The summed E-state index contributed by atoms with van der Waals surface area (Å²) in [4.78, 5) is 37.3. The molecule has 0 aliphatic heterocycles. The predicted molar refractivity (Wildman–Crippen MR) is 139 cm³/mol. The number of alkyl carbamates (subject to hydrolysis) is 1. The minimum Gasteiger partial charge on any atom is -0.480 e. The number of hydrogen-bond donors (Lipinski definition) is 3. The van der Waals surface area contributed by atoms with Crippen molar-refractivity contribution in [1.82, 2.24) is 10.6 Å². The SMILES string of the molecule is CCC(CC)(CNC(=O)OCC1c2ccccc2-c2ccccc21)C(=O)N[C@H](CCSC)C(=O)O. The van der Waals surface area contributed by atoms with E-state index >= 15 is 0 Å². The van der Waals surface area contributed by atoms with Crippen molar-refractivity contribution in [1.29, 1.82) is 0 Å². The fourth-order valence-electron chi connectivity index (χ4n) is 4.60. The van der Waals surface area contributed by atoms with Crippen LogP contribution in [0.3, 0.4) is 0 Å². The van der Waals surface area contributed by atoms with Crippen molar-refractivity contribution >= 4 is 29.7 Å². The smallest absolute Gasteiger partial charge is 0.407 e. The molecule has 0 bridgehead atoms. The molecule has 3 N–H and O–H groups in total. The van der Waals surface area contributed by atoms with Crippen LogP contribution < -0.4 is 10.6 Å². The van der Waals surface area contributed by atoms with Crippen molar-refractivity contribution < 1.29 is 24.2 Å². The molecule has 0 fully saturated rings. The first-order chi connectivity index (χ1) is 16.9. The summed E-state index contributed by atoms with van der Waals surface area (Å²) in [6, 6.07) is 15.3. The van der Waals surface area contributed by atoms with Crippen molar-refractivity contribution in [3.05, 3.63) is 59.7 Å². The highest BCUT2D eigenvalue weighted by Crippen LogP contribution is 2.44. The monoisotopic (exact) mass is 498 g/mol. The van der Waals surface area contributed by atoms with Crippen LogP contribution in [0.25, 0.3) is 11.1 Å². The molecule has 2 aromatic rings. The number of ether oxygens (including phenoxy) is 1. The number of thioether (sulfide) groups is 1. The van der Waals surface area contributed by atoms with Crippen LogP contribution in [0.4, 0.5) is 4.79 Å². The van der Waals surface area contributed by atoms with Crippen molar-refractivity contribution in [2.75, 3.05) is 25.2 Å². The minimum atomic E-state index is -1.06. The van der Waals surface area contributed by atoms with Gasteiger partial charge < -0.3 is 20.5 Å². The highest BCUT2D eigenvalue weighted by atomic mass is 32.2. The molecule has 1 aliphatic carbocycles. The fraction of sp³-hybridized carbons (Fsp3) is 0.444. The molecule has 0 saturated heterocycles. The molecule has 2 aromatic carbocycles. The molecule has 0 spiro atoms. The zero-order valence-corrected chi connectivity index (χ0v) is 21.3. The number of hydrogen-bond acceptors (Lipinski definition) is 5. The van der Waals surface area contributed by atoms with Gasteiger partial charge in [-0.15, -0.1) is 0 Å². The highest BCUT2D eigenvalue weighted by Gasteiger charge is 2.38. The van der Waals surface area contributed by atoms with Crippen LogP contribution >= 0.6 is 11.8 Å². The molecular formula is C27H34N2O5S. The predicted octanol–water partition coefficient (Wildman–Crippen LogP) is 4.65. The van der Waals surface area contributed by atoms with Gasteiger partial charge in [-0.3, -0.25) is 4.79 Å². The molecule has 0 heterocycles. The number of amides is 2. The van der Waals surface area contributed by atoms with Gasteiger partial charge in [0.25, 0.3) is 0 Å². The van der Waals surface area contributed by atoms with E-state index in [1.165, 1.54) is 11.8 Å². The standard InChI is InChI=1S/C27H34N2O5S/c1-4-27(5-2,25(32)29-23(24(30)31)14-15-35-3)17-28-26(33)34-16-22-20-12-8-6-10-18(20)19-11-7-9-13-21(19)22/h6-13,22-23H,4-5,14-17H2,1-3H3,(H,28,33)(H,29,32)(H,30,31)/t23-/m1/s1.